The van der Waals surface area contributed by atoms with Crippen LogP contribution in [0.5, 0.6) is 5.75 Å². The zero-order valence-corrected chi connectivity index (χ0v) is 10.2. The first-order chi connectivity index (χ1) is 7.36. The van der Waals surface area contributed by atoms with Crippen LogP contribution in [0.3, 0.4) is 0 Å². The van der Waals surface area contributed by atoms with Gasteiger partial charge in [0.1, 0.15) is 5.75 Å². The number of hydrogen-bond donors (Lipinski definition) is 3. The number of aliphatic hydroxyl groups is 1. The van der Waals surface area contributed by atoms with Crippen molar-refractivity contribution in [3.8, 4) is 5.75 Å². The zero-order chi connectivity index (χ0) is 12.3. The standard InChI is InChI=1S/C13H21NO2/c1-13(2,3)11-6-4-5-9(12(11)16)7-10(14)8-15/h4-6,10,15-16H,7-8,14H2,1-3H3. The summed E-state index contributed by atoms with van der Waals surface area (Å²) < 4.78 is 0. The molecular formula is C13H21NO2. The number of para-hydroxylation sites is 1. The van der Waals surface area contributed by atoms with Gasteiger partial charge in [0.05, 0.1) is 6.61 Å². The number of nitrogens with two attached hydrogens (primary N) is 1. The minimum Gasteiger partial charge on any atom is -0.507 e. The number of aromatic hydroxyl groups is 1. The molecule has 16 heavy (non-hydrogen) atoms. The average Bonchev–Trinajstić information content (AvgIpc) is 2.19. The van der Waals surface area contributed by atoms with E-state index in [1.807, 2.05) is 18.2 Å². The Morgan fingerprint density at radius 2 is 1.94 bits per heavy atom. The maximum absolute atomic E-state index is 10.1. The van der Waals surface area contributed by atoms with Crippen molar-refractivity contribution in [2.45, 2.75) is 38.6 Å². The lowest BCUT2D eigenvalue weighted by Crippen LogP contribution is -2.27. The molecule has 0 amide bonds. The summed E-state index contributed by atoms with van der Waals surface area (Å²) >= 11 is 0. The van der Waals surface area contributed by atoms with Crippen molar-refractivity contribution in [3.05, 3.63) is 29.3 Å². The number of hydrogen-bond acceptors (Lipinski definition) is 3. The minimum absolute atomic E-state index is 0.0703. The van der Waals surface area contributed by atoms with E-state index in [0.717, 1.165) is 11.1 Å². The van der Waals surface area contributed by atoms with Gasteiger partial charge in [-0.1, -0.05) is 39.0 Å². The summed E-state index contributed by atoms with van der Waals surface area (Å²) in [7, 11) is 0. The van der Waals surface area contributed by atoms with Gasteiger partial charge < -0.3 is 15.9 Å². The van der Waals surface area contributed by atoms with Crippen LogP contribution < -0.4 is 5.73 Å². The SMILES string of the molecule is CC(C)(C)c1cccc(CC(N)CO)c1O. The molecule has 1 aromatic carbocycles. The maximum atomic E-state index is 10.1. The van der Waals surface area contributed by atoms with E-state index in [1.54, 1.807) is 0 Å². The van der Waals surface area contributed by atoms with Crippen molar-refractivity contribution in [1.82, 2.24) is 0 Å². The van der Waals surface area contributed by atoms with E-state index in [-0.39, 0.29) is 18.1 Å². The molecule has 1 atom stereocenters. The van der Waals surface area contributed by atoms with E-state index in [1.165, 1.54) is 0 Å². The molecule has 0 radical (unpaired) electrons. The fourth-order valence-electron chi connectivity index (χ4n) is 1.71. The van der Waals surface area contributed by atoms with Gasteiger partial charge in [-0.2, -0.15) is 0 Å². The molecule has 0 fully saturated rings. The van der Waals surface area contributed by atoms with Gasteiger partial charge in [0.25, 0.3) is 0 Å². The Bertz CT molecular complexity index is 355. The van der Waals surface area contributed by atoms with E-state index < -0.39 is 0 Å². The molecule has 0 aliphatic heterocycles. The van der Waals surface area contributed by atoms with Crippen LogP contribution >= 0.6 is 0 Å². The van der Waals surface area contributed by atoms with Crippen molar-refractivity contribution in [3.63, 3.8) is 0 Å². The predicted molar refractivity (Wildman–Crippen MR) is 65.6 cm³/mol. The summed E-state index contributed by atoms with van der Waals surface area (Å²) in [6.07, 6.45) is 0.492. The van der Waals surface area contributed by atoms with E-state index >= 15 is 0 Å². The molecule has 0 spiro atoms. The molecule has 3 nitrogen and oxygen atoms in total. The topological polar surface area (TPSA) is 66.5 Å². The van der Waals surface area contributed by atoms with Crippen LogP contribution in [0.2, 0.25) is 0 Å². The Morgan fingerprint density at radius 1 is 1.31 bits per heavy atom. The van der Waals surface area contributed by atoms with Crippen molar-refractivity contribution in [2.24, 2.45) is 5.73 Å². The number of rotatable bonds is 3. The van der Waals surface area contributed by atoms with Gasteiger partial charge in [-0.05, 0) is 23.0 Å². The summed E-state index contributed by atoms with van der Waals surface area (Å²) in [6, 6.07) is 5.37. The summed E-state index contributed by atoms with van der Waals surface area (Å²) in [5.74, 6) is 0.305. The van der Waals surface area contributed by atoms with Gasteiger partial charge in [-0.25, -0.2) is 0 Å². The second kappa shape index (κ2) is 4.85. The van der Waals surface area contributed by atoms with Gasteiger partial charge in [0, 0.05) is 6.04 Å². The van der Waals surface area contributed by atoms with Gasteiger partial charge in [-0.15, -0.1) is 0 Å². The third-order valence-corrected chi connectivity index (χ3v) is 2.64. The minimum atomic E-state index is -0.318. The first-order valence-electron chi connectivity index (χ1n) is 5.54. The van der Waals surface area contributed by atoms with Crippen LogP contribution in [-0.4, -0.2) is 22.9 Å². The van der Waals surface area contributed by atoms with Crippen molar-refractivity contribution < 1.29 is 10.2 Å². The number of phenols is 1. The van der Waals surface area contributed by atoms with Gasteiger partial charge in [0.2, 0.25) is 0 Å². The Hall–Kier alpha value is -1.06. The first-order valence-corrected chi connectivity index (χ1v) is 5.54. The van der Waals surface area contributed by atoms with Crippen LogP contribution in [0.15, 0.2) is 18.2 Å². The highest BCUT2D eigenvalue weighted by Gasteiger charge is 2.20. The molecule has 0 heterocycles. The summed E-state index contributed by atoms with van der Waals surface area (Å²) in [5.41, 5.74) is 7.29. The van der Waals surface area contributed by atoms with E-state index in [0.29, 0.717) is 12.2 Å². The van der Waals surface area contributed by atoms with Gasteiger partial charge in [-0.3, -0.25) is 0 Å². The van der Waals surface area contributed by atoms with E-state index in [4.69, 9.17) is 10.8 Å². The number of aliphatic hydroxyl groups excluding tert-OH is 1. The molecule has 0 aliphatic carbocycles. The molecule has 1 rings (SSSR count). The molecule has 90 valence electrons. The van der Waals surface area contributed by atoms with Crippen LogP contribution in [0.1, 0.15) is 31.9 Å². The van der Waals surface area contributed by atoms with Crippen LogP contribution in [-0.2, 0) is 11.8 Å². The molecule has 0 aliphatic rings. The highest BCUT2D eigenvalue weighted by atomic mass is 16.3. The third-order valence-electron chi connectivity index (χ3n) is 2.64. The fourth-order valence-corrected chi connectivity index (χ4v) is 1.71. The Kier molecular flexibility index (Phi) is 3.94. The van der Waals surface area contributed by atoms with Crippen LogP contribution in [0, 0.1) is 0 Å². The van der Waals surface area contributed by atoms with Crippen molar-refractivity contribution in [1.29, 1.82) is 0 Å². The van der Waals surface area contributed by atoms with Gasteiger partial charge in [0.15, 0.2) is 0 Å². The largest absolute Gasteiger partial charge is 0.507 e. The van der Waals surface area contributed by atoms with Crippen molar-refractivity contribution >= 4 is 0 Å². The molecule has 1 aromatic rings. The Morgan fingerprint density at radius 3 is 2.44 bits per heavy atom. The Balaban J connectivity index is 3.05. The molecule has 4 N–H and O–H groups in total. The highest BCUT2D eigenvalue weighted by molar-refractivity contribution is 5.44. The lowest BCUT2D eigenvalue weighted by Gasteiger charge is -2.22. The summed E-state index contributed by atoms with van der Waals surface area (Å²) in [4.78, 5) is 0. The predicted octanol–water partition coefficient (Wildman–Crippen LogP) is 1.55. The summed E-state index contributed by atoms with van der Waals surface area (Å²) in [5, 5.41) is 19.0. The van der Waals surface area contributed by atoms with Crippen LogP contribution in [0.25, 0.3) is 0 Å². The summed E-state index contributed by atoms with van der Waals surface area (Å²) in [6.45, 7) is 6.09. The molecular weight excluding hydrogens is 202 g/mol. The molecule has 0 saturated heterocycles. The van der Waals surface area contributed by atoms with Crippen molar-refractivity contribution in [2.75, 3.05) is 6.61 Å². The second-order valence-electron chi connectivity index (χ2n) is 5.21. The Labute approximate surface area is 96.9 Å². The monoisotopic (exact) mass is 223 g/mol. The zero-order valence-electron chi connectivity index (χ0n) is 10.2. The number of benzene rings is 1. The van der Waals surface area contributed by atoms with Crippen LogP contribution in [0.4, 0.5) is 0 Å². The molecule has 0 bridgehead atoms. The normalized spacial score (nSPS) is 13.8. The first kappa shape index (κ1) is 13.0. The molecule has 1 unspecified atom stereocenters. The van der Waals surface area contributed by atoms with Gasteiger partial charge >= 0.3 is 0 Å². The lowest BCUT2D eigenvalue weighted by atomic mass is 9.84. The molecule has 0 aromatic heterocycles. The lowest BCUT2D eigenvalue weighted by molar-refractivity contribution is 0.264. The maximum Gasteiger partial charge on any atom is 0.122 e. The molecule has 0 saturated carbocycles. The second-order valence-corrected chi connectivity index (χ2v) is 5.21. The molecule has 3 heteroatoms. The quantitative estimate of drug-likeness (QED) is 0.728. The van der Waals surface area contributed by atoms with E-state index in [9.17, 15) is 5.11 Å². The fraction of sp³-hybridized carbons (Fsp3) is 0.538. The average molecular weight is 223 g/mol. The number of phenolic OH excluding ortho intramolecular Hbond substituents is 1. The smallest absolute Gasteiger partial charge is 0.122 e. The highest BCUT2D eigenvalue weighted by Crippen LogP contribution is 2.33. The van der Waals surface area contributed by atoms with E-state index in [2.05, 4.69) is 20.8 Å². The third kappa shape index (κ3) is 2.97.